The zero-order valence-electron chi connectivity index (χ0n) is 20.7. The Morgan fingerprint density at radius 3 is 2.31 bits per heavy atom. The highest BCUT2D eigenvalue weighted by Gasteiger charge is 2.30. The lowest BCUT2D eigenvalue weighted by atomic mass is 9.94. The number of rotatable bonds is 9. The number of carbonyl (C=O) groups is 2. The number of hydrogen-bond acceptors (Lipinski definition) is 3. The lowest BCUT2D eigenvalue weighted by Gasteiger charge is -2.35. The van der Waals surface area contributed by atoms with Gasteiger partial charge in [0.05, 0.1) is 6.04 Å². The Balaban J connectivity index is 1.46. The first-order valence-corrected chi connectivity index (χ1v) is 12.5. The summed E-state index contributed by atoms with van der Waals surface area (Å²) >= 11 is 0. The summed E-state index contributed by atoms with van der Waals surface area (Å²) in [5, 5.41) is 6.47. The summed E-state index contributed by atoms with van der Waals surface area (Å²) in [4.78, 5) is 27.2. The van der Waals surface area contributed by atoms with Crippen LogP contribution in [-0.2, 0) is 29.0 Å². The normalized spacial score (nSPS) is 16.7. The molecule has 0 radical (unpaired) electrons. The number of nitrogens with one attached hydrogen (secondary N) is 2. The molecular formula is C30H35N3O2. The van der Waals surface area contributed by atoms with Crippen molar-refractivity contribution in [3.8, 4) is 11.1 Å². The maximum atomic E-state index is 13.3. The van der Waals surface area contributed by atoms with Crippen molar-refractivity contribution >= 4 is 11.8 Å². The highest BCUT2D eigenvalue weighted by molar-refractivity contribution is 5.83. The van der Waals surface area contributed by atoms with E-state index in [1.54, 1.807) is 0 Å². The molecule has 1 fully saturated rings. The van der Waals surface area contributed by atoms with E-state index in [1.807, 2.05) is 35.2 Å². The van der Waals surface area contributed by atoms with Gasteiger partial charge in [-0.1, -0.05) is 85.8 Å². The molecule has 2 N–H and O–H groups in total. The van der Waals surface area contributed by atoms with Crippen LogP contribution in [0, 0.1) is 0 Å². The molecule has 1 saturated heterocycles. The van der Waals surface area contributed by atoms with Crippen LogP contribution >= 0.6 is 0 Å². The van der Waals surface area contributed by atoms with Gasteiger partial charge in [0.25, 0.3) is 0 Å². The number of amides is 2. The zero-order valence-corrected chi connectivity index (χ0v) is 20.7. The van der Waals surface area contributed by atoms with Gasteiger partial charge in [-0.3, -0.25) is 9.59 Å². The molecule has 1 aliphatic rings. The summed E-state index contributed by atoms with van der Waals surface area (Å²) in [5.41, 5.74) is 5.95. The Morgan fingerprint density at radius 2 is 1.63 bits per heavy atom. The van der Waals surface area contributed by atoms with Gasteiger partial charge in [-0.15, -0.1) is 0 Å². The molecule has 35 heavy (non-hydrogen) atoms. The quantitative estimate of drug-likeness (QED) is 0.490. The Morgan fingerprint density at radius 1 is 0.971 bits per heavy atom. The Labute approximate surface area is 208 Å². The van der Waals surface area contributed by atoms with Crippen molar-refractivity contribution < 1.29 is 9.59 Å². The van der Waals surface area contributed by atoms with E-state index in [0.717, 1.165) is 24.1 Å². The molecule has 0 unspecified atom stereocenters. The molecule has 0 saturated carbocycles. The van der Waals surface area contributed by atoms with Gasteiger partial charge in [-0.05, 0) is 47.1 Å². The third-order valence-corrected chi connectivity index (χ3v) is 6.60. The second-order valence-electron chi connectivity index (χ2n) is 9.34. The van der Waals surface area contributed by atoms with Crippen LogP contribution in [0.1, 0.15) is 37.0 Å². The third-order valence-electron chi connectivity index (χ3n) is 6.60. The van der Waals surface area contributed by atoms with E-state index in [0.29, 0.717) is 25.9 Å². The number of aryl methyl sites for hydroxylation is 1. The van der Waals surface area contributed by atoms with E-state index in [2.05, 4.69) is 66.1 Å². The van der Waals surface area contributed by atoms with Crippen molar-refractivity contribution in [3.63, 3.8) is 0 Å². The van der Waals surface area contributed by atoms with Gasteiger partial charge in [-0.25, -0.2) is 0 Å². The molecule has 0 bridgehead atoms. The lowest BCUT2D eigenvalue weighted by molar-refractivity contribution is -0.137. The van der Waals surface area contributed by atoms with Gasteiger partial charge in [0, 0.05) is 32.6 Å². The number of benzene rings is 3. The average Bonchev–Trinajstić information content (AvgIpc) is 2.87. The smallest absolute Gasteiger partial charge is 0.240 e. The molecule has 0 aliphatic carbocycles. The van der Waals surface area contributed by atoms with Gasteiger partial charge in [-0.2, -0.15) is 0 Å². The van der Waals surface area contributed by atoms with Crippen LogP contribution in [0.3, 0.4) is 0 Å². The van der Waals surface area contributed by atoms with Gasteiger partial charge in [0.1, 0.15) is 0 Å². The minimum absolute atomic E-state index is 0.0776. The molecule has 1 heterocycles. The summed E-state index contributed by atoms with van der Waals surface area (Å²) in [6.07, 6.45) is 2.23. The molecule has 5 nitrogen and oxygen atoms in total. The molecule has 2 amide bonds. The van der Waals surface area contributed by atoms with E-state index in [-0.39, 0.29) is 23.9 Å². The monoisotopic (exact) mass is 469 g/mol. The molecule has 0 spiro atoms. The zero-order chi connectivity index (χ0) is 24.6. The molecule has 0 aromatic heterocycles. The van der Waals surface area contributed by atoms with E-state index in [9.17, 15) is 9.59 Å². The van der Waals surface area contributed by atoms with Crippen LogP contribution in [0.5, 0.6) is 0 Å². The lowest BCUT2D eigenvalue weighted by Crippen LogP contribution is -2.56. The first kappa shape index (κ1) is 24.7. The highest BCUT2D eigenvalue weighted by atomic mass is 16.2. The molecule has 3 aromatic rings. The van der Waals surface area contributed by atoms with Gasteiger partial charge >= 0.3 is 0 Å². The summed E-state index contributed by atoms with van der Waals surface area (Å²) < 4.78 is 0. The van der Waals surface area contributed by atoms with E-state index >= 15 is 0 Å². The first-order chi connectivity index (χ1) is 17.0. The Bertz CT molecular complexity index is 1150. The topological polar surface area (TPSA) is 61.4 Å². The maximum Gasteiger partial charge on any atom is 0.240 e. The highest BCUT2D eigenvalue weighted by Crippen LogP contribution is 2.23. The van der Waals surface area contributed by atoms with Crippen LogP contribution in [-0.4, -0.2) is 41.9 Å². The third kappa shape index (κ3) is 6.80. The van der Waals surface area contributed by atoms with Crippen molar-refractivity contribution in [1.82, 2.24) is 15.5 Å². The molecule has 3 aromatic carbocycles. The molecular weight excluding hydrogens is 434 g/mol. The molecule has 1 aliphatic heterocycles. The molecule has 5 heteroatoms. The summed E-state index contributed by atoms with van der Waals surface area (Å²) in [6.45, 7) is 5.75. The Kier molecular flexibility index (Phi) is 8.32. The summed E-state index contributed by atoms with van der Waals surface area (Å²) in [5.74, 6) is 0.0202. The largest absolute Gasteiger partial charge is 0.353 e. The van der Waals surface area contributed by atoms with E-state index in [1.165, 1.54) is 23.6 Å². The number of piperazine rings is 1. The minimum atomic E-state index is -0.311. The van der Waals surface area contributed by atoms with Crippen molar-refractivity contribution in [2.75, 3.05) is 13.1 Å². The average molecular weight is 470 g/mol. The SMILES string of the molecule is CCc1cccc(-c2cccc(C[C@@H](C[C@@H]3NCCN(Cc4ccccc4)C3=O)NC(C)=O)c2)c1. The van der Waals surface area contributed by atoms with Crippen molar-refractivity contribution in [3.05, 3.63) is 95.6 Å². The van der Waals surface area contributed by atoms with Crippen LogP contribution in [0.4, 0.5) is 0 Å². The summed E-state index contributed by atoms with van der Waals surface area (Å²) in [6, 6.07) is 26.7. The van der Waals surface area contributed by atoms with Crippen LogP contribution < -0.4 is 10.6 Å². The van der Waals surface area contributed by atoms with Crippen LogP contribution in [0.25, 0.3) is 11.1 Å². The van der Waals surface area contributed by atoms with Crippen LogP contribution in [0.15, 0.2) is 78.9 Å². The number of carbonyl (C=O) groups excluding carboxylic acids is 2. The number of nitrogens with zero attached hydrogens (tertiary/aromatic N) is 1. The van der Waals surface area contributed by atoms with Gasteiger partial charge in [0.2, 0.25) is 11.8 Å². The van der Waals surface area contributed by atoms with Crippen molar-refractivity contribution in [1.29, 1.82) is 0 Å². The van der Waals surface area contributed by atoms with Crippen molar-refractivity contribution in [2.45, 2.75) is 51.7 Å². The second-order valence-corrected chi connectivity index (χ2v) is 9.34. The molecule has 4 rings (SSSR count). The summed E-state index contributed by atoms with van der Waals surface area (Å²) in [7, 11) is 0. The van der Waals surface area contributed by atoms with E-state index < -0.39 is 0 Å². The molecule has 182 valence electrons. The van der Waals surface area contributed by atoms with Gasteiger partial charge < -0.3 is 15.5 Å². The maximum absolute atomic E-state index is 13.3. The fourth-order valence-electron chi connectivity index (χ4n) is 4.84. The van der Waals surface area contributed by atoms with Gasteiger partial charge in [0.15, 0.2) is 0 Å². The molecule has 2 atom stereocenters. The second kappa shape index (κ2) is 11.8. The van der Waals surface area contributed by atoms with Crippen LogP contribution in [0.2, 0.25) is 0 Å². The van der Waals surface area contributed by atoms with E-state index in [4.69, 9.17) is 0 Å². The first-order valence-electron chi connectivity index (χ1n) is 12.5. The predicted molar refractivity (Wildman–Crippen MR) is 141 cm³/mol. The predicted octanol–water partition coefficient (Wildman–Crippen LogP) is 4.35. The fourth-order valence-corrected chi connectivity index (χ4v) is 4.84. The Hall–Kier alpha value is -3.44. The standard InChI is InChI=1S/C30H35N3O2/c1-3-23-11-7-13-26(17-23)27-14-8-12-25(18-27)19-28(32-22(2)34)20-29-30(35)33(16-15-31-29)21-24-9-5-4-6-10-24/h4-14,17-18,28-29,31H,3,15-16,19-21H2,1-2H3,(H,32,34)/t28-,29-/m0/s1. The van der Waals surface area contributed by atoms with Crippen molar-refractivity contribution in [2.24, 2.45) is 0 Å². The number of hydrogen-bond donors (Lipinski definition) is 2. The minimum Gasteiger partial charge on any atom is -0.353 e. The fraction of sp³-hybridized carbons (Fsp3) is 0.333.